The van der Waals surface area contributed by atoms with E-state index in [4.69, 9.17) is 4.74 Å². The van der Waals surface area contributed by atoms with Crippen molar-refractivity contribution < 1.29 is 9.13 Å². The number of pyridine rings is 1. The molecule has 1 fully saturated rings. The molecule has 0 amide bonds. The van der Waals surface area contributed by atoms with E-state index < -0.39 is 12.3 Å². The zero-order valence-corrected chi connectivity index (χ0v) is 18.1. The Morgan fingerprint density at radius 1 is 1.19 bits per heavy atom. The summed E-state index contributed by atoms with van der Waals surface area (Å²) < 4.78 is 22.5. The van der Waals surface area contributed by atoms with Gasteiger partial charge in [0.2, 0.25) is 0 Å². The van der Waals surface area contributed by atoms with Crippen LogP contribution >= 0.6 is 0 Å². The monoisotopic (exact) mass is 420 g/mol. The number of rotatable bonds is 6. The van der Waals surface area contributed by atoms with E-state index >= 15 is 0 Å². The van der Waals surface area contributed by atoms with E-state index in [1.54, 1.807) is 0 Å². The number of benzene rings is 1. The van der Waals surface area contributed by atoms with Gasteiger partial charge in [-0.3, -0.25) is 4.40 Å². The van der Waals surface area contributed by atoms with Crippen molar-refractivity contribution in [3.05, 3.63) is 71.7 Å². The van der Waals surface area contributed by atoms with Crippen LogP contribution in [-0.2, 0) is 0 Å². The summed E-state index contributed by atoms with van der Waals surface area (Å²) in [5.41, 5.74) is 3.87. The van der Waals surface area contributed by atoms with E-state index in [9.17, 15) is 4.39 Å². The van der Waals surface area contributed by atoms with Crippen LogP contribution in [0.1, 0.15) is 43.1 Å². The highest BCUT2D eigenvalue weighted by molar-refractivity contribution is 5.77. The molecule has 4 rings (SSSR count). The summed E-state index contributed by atoms with van der Waals surface area (Å²) in [5.74, 6) is 1.55. The lowest BCUT2D eigenvalue weighted by molar-refractivity contribution is 0.0964. The molecule has 2 aromatic heterocycles. The zero-order chi connectivity index (χ0) is 21.6. The fourth-order valence-corrected chi connectivity index (χ4v) is 3.88. The third kappa shape index (κ3) is 4.85. The number of nitrogens with one attached hydrogen (secondary N) is 1. The molecule has 162 valence electrons. The molecule has 2 unspecified atom stereocenters. The van der Waals surface area contributed by atoms with Gasteiger partial charge in [0.15, 0.2) is 11.5 Å². The number of ether oxygens (including phenoxy) is 1. The standard InChI is InChI=1S/C25H29FN4O/c1-3-7-20(25-29-28-24-10-4-5-17-30(24)25)12-11-19-8-6-9-22(18(19)2)31-23-14-16-27-15-13-21(23)26/h4-12,17,21,23,27H,3,13-16H2,1-2H3/b12-11-,20-7-. The fraction of sp³-hybridized carbons (Fsp3) is 0.360. The Kier molecular flexibility index (Phi) is 6.77. The van der Waals surface area contributed by atoms with Gasteiger partial charge in [-0.25, -0.2) is 4.39 Å². The van der Waals surface area contributed by atoms with Crippen LogP contribution in [0, 0.1) is 6.92 Å². The van der Waals surface area contributed by atoms with Crippen molar-refractivity contribution >= 4 is 17.3 Å². The summed E-state index contributed by atoms with van der Waals surface area (Å²) in [6.07, 6.45) is 8.92. The van der Waals surface area contributed by atoms with Gasteiger partial charge in [-0.1, -0.05) is 43.4 Å². The minimum atomic E-state index is -0.950. The van der Waals surface area contributed by atoms with Gasteiger partial charge in [-0.15, -0.1) is 10.2 Å². The molecular weight excluding hydrogens is 391 g/mol. The molecule has 2 atom stereocenters. The number of aromatic nitrogens is 3. The second-order valence-electron chi connectivity index (χ2n) is 7.82. The molecule has 1 aromatic carbocycles. The van der Waals surface area contributed by atoms with E-state index in [1.807, 2.05) is 53.9 Å². The van der Waals surface area contributed by atoms with Gasteiger partial charge in [-0.05, 0) is 68.6 Å². The Morgan fingerprint density at radius 2 is 2.06 bits per heavy atom. The van der Waals surface area contributed by atoms with Crippen molar-refractivity contribution in [3.8, 4) is 5.75 Å². The lowest BCUT2D eigenvalue weighted by Crippen LogP contribution is -2.28. The summed E-state index contributed by atoms with van der Waals surface area (Å²) in [7, 11) is 0. The molecule has 5 nitrogen and oxygen atoms in total. The van der Waals surface area contributed by atoms with Gasteiger partial charge in [0.05, 0.1) is 0 Å². The third-order valence-electron chi connectivity index (χ3n) is 5.65. The molecule has 0 radical (unpaired) electrons. The van der Waals surface area contributed by atoms with Crippen LogP contribution in [-0.4, -0.2) is 40.0 Å². The van der Waals surface area contributed by atoms with Crippen molar-refractivity contribution in [1.82, 2.24) is 19.9 Å². The Balaban J connectivity index is 1.59. The Hall–Kier alpha value is -2.99. The largest absolute Gasteiger partial charge is 0.487 e. The summed E-state index contributed by atoms with van der Waals surface area (Å²) in [6, 6.07) is 11.8. The van der Waals surface area contributed by atoms with Crippen molar-refractivity contribution in [2.24, 2.45) is 0 Å². The highest BCUT2D eigenvalue weighted by Crippen LogP contribution is 2.27. The molecule has 1 N–H and O–H groups in total. The third-order valence-corrected chi connectivity index (χ3v) is 5.65. The molecule has 3 aromatic rings. The summed E-state index contributed by atoms with van der Waals surface area (Å²) in [6.45, 7) is 5.60. The quantitative estimate of drug-likeness (QED) is 0.570. The zero-order valence-electron chi connectivity index (χ0n) is 18.1. The van der Waals surface area contributed by atoms with Crippen molar-refractivity contribution in [1.29, 1.82) is 0 Å². The molecule has 0 saturated carbocycles. The molecule has 0 aliphatic carbocycles. The second-order valence-corrected chi connectivity index (χ2v) is 7.82. The number of hydrogen-bond acceptors (Lipinski definition) is 4. The van der Waals surface area contributed by atoms with Gasteiger partial charge in [0.25, 0.3) is 0 Å². The summed E-state index contributed by atoms with van der Waals surface area (Å²) in [4.78, 5) is 0. The molecule has 1 aliphatic rings. The average Bonchev–Trinajstić information content (AvgIpc) is 3.10. The number of alkyl halides is 1. The molecule has 0 spiro atoms. The lowest BCUT2D eigenvalue weighted by Gasteiger charge is -2.22. The van der Waals surface area contributed by atoms with Crippen LogP contribution in [0.4, 0.5) is 4.39 Å². The van der Waals surface area contributed by atoms with Crippen LogP contribution in [0.3, 0.4) is 0 Å². The van der Waals surface area contributed by atoms with Gasteiger partial charge < -0.3 is 10.1 Å². The first-order valence-corrected chi connectivity index (χ1v) is 11.0. The highest BCUT2D eigenvalue weighted by Gasteiger charge is 2.25. The molecule has 3 heterocycles. The molecule has 6 heteroatoms. The van der Waals surface area contributed by atoms with E-state index in [2.05, 4.69) is 40.7 Å². The predicted molar refractivity (Wildman–Crippen MR) is 123 cm³/mol. The number of allylic oxidation sites excluding steroid dienone is 3. The Bertz CT molecular complexity index is 1090. The maximum Gasteiger partial charge on any atom is 0.168 e. The second kappa shape index (κ2) is 9.88. The minimum absolute atomic E-state index is 0.411. The van der Waals surface area contributed by atoms with E-state index in [-0.39, 0.29) is 0 Å². The number of nitrogens with zero attached hydrogens (tertiary/aromatic N) is 3. The van der Waals surface area contributed by atoms with Crippen LogP contribution < -0.4 is 10.1 Å². The first-order chi connectivity index (χ1) is 15.2. The highest BCUT2D eigenvalue weighted by atomic mass is 19.1. The Labute approximate surface area is 182 Å². The van der Waals surface area contributed by atoms with E-state index in [0.29, 0.717) is 19.4 Å². The lowest BCUT2D eigenvalue weighted by atomic mass is 10.0. The van der Waals surface area contributed by atoms with Crippen molar-refractivity contribution in [2.45, 2.75) is 45.4 Å². The maximum absolute atomic E-state index is 14.4. The van der Waals surface area contributed by atoms with Gasteiger partial charge in [0, 0.05) is 11.8 Å². The SMILES string of the molecule is CC/C=C(/C=C\c1cccc(OC2CCNCCC2F)c1C)c1nnc2ccccn12. The van der Waals surface area contributed by atoms with E-state index in [1.165, 1.54) is 0 Å². The minimum Gasteiger partial charge on any atom is -0.487 e. The number of fused-ring (bicyclic) bond motifs is 1. The van der Waals surface area contributed by atoms with Gasteiger partial charge in [-0.2, -0.15) is 0 Å². The van der Waals surface area contributed by atoms with E-state index in [0.717, 1.165) is 46.9 Å². The van der Waals surface area contributed by atoms with Crippen LogP contribution in [0.15, 0.2) is 54.7 Å². The summed E-state index contributed by atoms with van der Waals surface area (Å²) >= 11 is 0. The molecule has 0 bridgehead atoms. The van der Waals surface area contributed by atoms with Crippen molar-refractivity contribution in [2.75, 3.05) is 13.1 Å². The number of halogens is 1. The van der Waals surface area contributed by atoms with Crippen LogP contribution in [0.2, 0.25) is 0 Å². The van der Waals surface area contributed by atoms with Gasteiger partial charge >= 0.3 is 0 Å². The molecule has 1 saturated heterocycles. The number of hydrogen-bond donors (Lipinski definition) is 1. The normalized spacial score (nSPS) is 20.3. The fourth-order valence-electron chi connectivity index (χ4n) is 3.88. The summed E-state index contributed by atoms with van der Waals surface area (Å²) in [5, 5.41) is 11.9. The predicted octanol–water partition coefficient (Wildman–Crippen LogP) is 5.01. The topological polar surface area (TPSA) is 51.5 Å². The Morgan fingerprint density at radius 3 is 2.94 bits per heavy atom. The average molecular weight is 421 g/mol. The van der Waals surface area contributed by atoms with Crippen LogP contribution in [0.5, 0.6) is 5.75 Å². The van der Waals surface area contributed by atoms with Crippen LogP contribution in [0.25, 0.3) is 17.3 Å². The smallest absolute Gasteiger partial charge is 0.168 e. The van der Waals surface area contributed by atoms with Gasteiger partial charge in [0.1, 0.15) is 18.0 Å². The first-order valence-electron chi connectivity index (χ1n) is 11.0. The van der Waals surface area contributed by atoms with Crippen molar-refractivity contribution in [3.63, 3.8) is 0 Å². The molecular formula is C25H29FN4O. The maximum atomic E-state index is 14.4. The molecule has 31 heavy (non-hydrogen) atoms. The molecule has 1 aliphatic heterocycles. The first kappa shape index (κ1) is 21.2.